The van der Waals surface area contributed by atoms with Crippen molar-refractivity contribution in [3.63, 3.8) is 0 Å². The minimum Gasteiger partial charge on any atom is -0.323 e. The number of fused-ring (bicyclic) bond motifs is 1. The van der Waals surface area contributed by atoms with Crippen LogP contribution in [-0.2, 0) is 11.3 Å². The van der Waals surface area contributed by atoms with E-state index in [1.165, 1.54) is 0 Å². The van der Waals surface area contributed by atoms with Gasteiger partial charge in [-0.05, 0) is 30.7 Å². The highest BCUT2D eigenvalue weighted by atomic mass is 16.2. The number of rotatable bonds is 3. The number of anilines is 1. The molecule has 21 heavy (non-hydrogen) atoms. The van der Waals surface area contributed by atoms with Crippen LogP contribution >= 0.6 is 0 Å². The van der Waals surface area contributed by atoms with Crippen molar-refractivity contribution in [1.29, 1.82) is 0 Å². The van der Waals surface area contributed by atoms with Crippen molar-refractivity contribution in [3.05, 3.63) is 59.8 Å². The van der Waals surface area contributed by atoms with Crippen molar-refractivity contribution < 1.29 is 9.59 Å². The highest BCUT2D eigenvalue weighted by molar-refractivity contribution is 6.03. The molecule has 2 aromatic rings. The third-order valence-corrected chi connectivity index (χ3v) is 3.61. The molecule has 3 rings (SSSR count). The number of nitrogens with zero attached hydrogens (tertiary/aromatic N) is 2. The second kappa shape index (κ2) is 5.36. The zero-order chi connectivity index (χ0) is 14.8. The first kappa shape index (κ1) is 13.3. The quantitative estimate of drug-likeness (QED) is 0.936. The number of carbonyl (C=O) groups is 2. The van der Waals surface area contributed by atoms with Crippen LogP contribution in [0.25, 0.3) is 0 Å². The van der Waals surface area contributed by atoms with E-state index in [1.54, 1.807) is 42.3 Å². The molecule has 2 amide bonds. The summed E-state index contributed by atoms with van der Waals surface area (Å²) >= 11 is 0. The molecule has 0 spiro atoms. The lowest BCUT2D eigenvalue weighted by atomic mass is 10.1. The van der Waals surface area contributed by atoms with Crippen LogP contribution in [0.5, 0.6) is 0 Å². The van der Waals surface area contributed by atoms with E-state index in [1.807, 2.05) is 18.2 Å². The fourth-order valence-corrected chi connectivity index (χ4v) is 2.40. The summed E-state index contributed by atoms with van der Waals surface area (Å²) in [5, 5.41) is 2.72. The van der Waals surface area contributed by atoms with Crippen LogP contribution in [0.1, 0.15) is 22.8 Å². The molecule has 0 radical (unpaired) electrons. The van der Waals surface area contributed by atoms with E-state index in [9.17, 15) is 9.59 Å². The Labute approximate surface area is 122 Å². The highest BCUT2D eigenvalue weighted by Gasteiger charge is 2.33. The molecule has 5 heteroatoms. The van der Waals surface area contributed by atoms with E-state index >= 15 is 0 Å². The van der Waals surface area contributed by atoms with Crippen molar-refractivity contribution in [3.8, 4) is 0 Å². The van der Waals surface area contributed by atoms with Crippen molar-refractivity contribution >= 4 is 17.6 Å². The zero-order valence-corrected chi connectivity index (χ0v) is 11.6. The first-order valence-corrected chi connectivity index (χ1v) is 6.77. The van der Waals surface area contributed by atoms with Crippen LogP contribution in [0, 0.1) is 0 Å². The normalized spacial score (nSPS) is 14.7. The largest absolute Gasteiger partial charge is 0.323 e. The molecular weight excluding hydrogens is 266 g/mol. The molecule has 0 fully saturated rings. The number of amides is 2. The second-order valence-electron chi connectivity index (χ2n) is 4.97. The Kier molecular flexibility index (Phi) is 3.39. The Balaban J connectivity index is 1.73. The van der Waals surface area contributed by atoms with E-state index in [4.69, 9.17) is 0 Å². The van der Waals surface area contributed by atoms with Gasteiger partial charge in [0.25, 0.3) is 5.91 Å². The summed E-state index contributed by atoms with van der Waals surface area (Å²) in [6, 6.07) is 12.2. The van der Waals surface area contributed by atoms with Crippen LogP contribution in [0.3, 0.4) is 0 Å². The number of aromatic nitrogens is 1. The van der Waals surface area contributed by atoms with Crippen LogP contribution in [0.15, 0.2) is 48.7 Å². The first-order valence-electron chi connectivity index (χ1n) is 6.77. The summed E-state index contributed by atoms with van der Waals surface area (Å²) in [6.45, 7) is 2.19. The average molecular weight is 281 g/mol. The topological polar surface area (TPSA) is 62.3 Å². The SMILES string of the molecule is CC(C(=O)Nc1ccccn1)N1Cc2ccccc2C1=O. The Morgan fingerprint density at radius 1 is 1.24 bits per heavy atom. The lowest BCUT2D eigenvalue weighted by Crippen LogP contribution is -2.42. The maximum absolute atomic E-state index is 12.3. The lowest BCUT2D eigenvalue weighted by molar-refractivity contribution is -0.120. The number of pyridine rings is 1. The Morgan fingerprint density at radius 3 is 2.71 bits per heavy atom. The van der Waals surface area contributed by atoms with Gasteiger partial charge in [0.05, 0.1) is 0 Å². The monoisotopic (exact) mass is 281 g/mol. The van der Waals surface area contributed by atoms with Gasteiger partial charge in [0.2, 0.25) is 5.91 Å². The van der Waals surface area contributed by atoms with E-state index in [0.29, 0.717) is 17.9 Å². The molecule has 1 aliphatic heterocycles. The van der Waals surface area contributed by atoms with E-state index in [0.717, 1.165) is 5.56 Å². The fourth-order valence-electron chi connectivity index (χ4n) is 2.40. The van der Waals surface area contributed by atoms with Gasteiger partial charge in [-0.3, -0.25) is 9.59 Å². The minimum absolute atomic E-state index is 0.103. The Hall–Kier alpha value is -2.69. The van der Waals surface area contributed by atoms with Gasteiger partial charge < -0.3 is 10.2 Å². The molecule has 1 aliphatic rings. The van der Waals surface area contributed by atoms with Crippen LogP contribution in [0.4, 0.5) is 5.82 Å². The predicted octanol–water partition coefficient (Wildman–Crippen LogP) is 2.06. The number of benzene rings is 1. The summed E-state index contributed by atoms with van der Waals surface area (Å²) in [6.07, 6.45) is 1.61. The third kappa shape index (κ3) is 2.50. The molecule has 0 saturated carbocycles. The molecule has 0 aliphatic carbocycles. The molecule has 0 saturated heterocycles. The number of carbonyl (C=O) groups excluding carboxylic acids is 2. The third-order valence-electron chi connectivity index (χ3n) is 3.61. The van der Waals surface area contributed by atoms with Crippen LogP contribution < -0.4 is 5.32 Å². The lowest BCUT2D eigenvalue weighted by Gasteiger charge is -2.23. The summed E-state index contributed by atoms with van der Waals surface area (Å²) < 4.78 is 0. The van der Waals surface area contributed by atoms with Gasteiger partial charge in [0.1, 0.15) is 11.9 Å². The molecule has 5 nitrogen and oxygen atoms in total. The van der Waals surface area contributed by atoms with Crippen molar-refractivity contribution in [2.24, 2.45) is 0 Å². The van der Waals surface area contributed by atoms with Crippen molar-refractivity contribution in [1.82, 2.24) is 9.88 Å². The van der Waals surface area contributed by atoms with Gasteiger partial charge in [0.15, 0.2) is 0 Å². The average Bonchev–Trinajstić information content (AvgIpc) is 2.85. The Morgan fingerprint density at radius 2 is 2.00 bits per heavy atom. The van der Waals surface area contributed by atoms with Gasteiger partial charge in [-0.25, -0.2) is 4.98 Å². The standard InChI is InChI=1S/C16H15N3O2/c1-11(15(20)18-14-8-4-5-9-17-14)19-10-12-6-2-3-7-13(12)16(19)21/h2-9,11H,10H2,1H3,(H,17,18,20). The minimum atomic E-state index is -0.549. The molecule has 1 aromatic heterocycles. The van der Waals surface area contributed by atoms with Gasteiger partial charge in [-0.15, -0.1) is 0 Å². The molecule has 106 valence electrons. The maximum atomic E-state index is 12.3. The second-order valence-corrected chi connectivity index (χ2v) is 4.97. The van der Waals surface area contributed by atoms with E-state index in [2.05, 4.69) is 10.3 Å². The molecule has 1 unspecified atom stereocenters. The van der Waals surface area contributed by atoms with Crippen molar-refractivity contribution in [2.45, 2.75) is 19.5 Å². The van der Waals surface area contributed by atoms with E-state index < -0.39 is 6.04 Å². The first-order chi connectivity index (χ1) is 10.2. The van der Waals surface area contributed by atoms with Gasteiger partial charge in [-0.1, -0.05) is 24.3 Å². The zero-order valence-electron chi connectivity index (χ0n) is 11.6. The smallest absolute Gasteiger partial charge is 0.255 e. The van der Waals surface area contributed by atoms with E-state index in [-0.39, 0.29) is 11.8 Å². The molecule has 2 heterocycles. The number of hydrogen-bond donors (Lipinski definition) is 1. The Bertz CT molecular complexity index is 685. The summed E-state index contributed by atoms with van der Waals surface area (Å²) in [7, 11) is 0. The fraction of sp³-hybridized carbons (Fsp3) is 0.188. The predicted molar refractivity (Wildman–Crippen MR) is 78.6 cm³/mol. The molecule has 0 bridgehead atoms. The highest BCUT2D eigenvalue weighted by Crippen LogP contribution is 2.24. The van der Waals surface area contributed by atoms with Gasteiger partial charge in [0, 0.05) is 18.3 Å². The van der Waals surface area contributed by atoms with Gasteiger partial charge >= 0.3 is 0 Å². The van der Waals surface area contributed by atoms with Crippen LogP contribution in [0.2, 0.25) is 0 Å². The summed E-state index contributed by atoms with van der Waals surface area (Å²) in [5.74, 6) is 0.141. The molecule has 1 aromatic carbocycles. The van der Waals surface area contributed by atoms with Crippen molar-refractivity contribution in [2.75, 3.05) is 5.32 Å². The summed E-state index contributed by atoms with van der Waals surface area (Å²) in [4.78, 5) is 30.2. The number of hydrogen-bond acceptors (Lipinski definition) is 3. The molecule has 1 atom stereocenters. The van der Waals surface area contributed by atoms with Crippen LogP contribution in [-0.4, -0.2) is 27.7 Å². The molecule has 1 N–H and O–H groups in total. The van der Waals surface area contributed by atoms with Gasteiger partial charge in [-0.2, -0.15) is 0 Å². The maximum Gasteiger partial charge on any atom is 0.255 e. The summed E-state index contributed by atoms with van der Waals surface area (Å²) in [5.41, 5.74) is 1.63. The molecular formula is C16H15N3O2. The number of nitrogens with one attached hydrogen (secondary N) is 1.